The standard InChI is InChI=1S/C15H14FNO/c1-10-6-7-14(11(2)17-10)15(18)9-12-4-3-5-13(16)8-12/h3-8H,9H2,1-2H3. The Morgan fingerprint density at radius 3 is 2.67 bits per heavy atom. The summed E-state index contributed by atoms with van der Waals surface area (Å²) in [4.78, 5) is 16.4. The normalized spacial score (nSPS) is 10.4. The van der Waals surface area contributed by atoms with Gasteiger partial charge in [-0.1, -0.05) is 12.1 Å². The molecule has 0 unspecified atom stereocenters. The van der Waals surface area contributed by atoms with E-state index >= 15 is 0 Å². The van der Waals surface area contributed by atoms with Crippen molar-refractivity contribution < 1.29 is 9.18 Å². The number of Topliss-reactive ketones (excluding diaryl/α,β-unsaturated/α-hetero) is 1. The second kappa shape index (κ2) is 5.08. The largest absolute Gasteiger partial charge is 0.294 e. The summed E-state index contributed by atoms with van der Waals surface area (Å²) in [5.41, 5.74) is 2.89. The van der Waals surface area contributed by atoms with E-state index in [1.165, 1.54) is 12.1 Å². The Balaban J connectivity index is 2.22. The molecule has 0 aliphatic carbocycles. The van der Waals surface area contributed by atoms with E-state index in [1.807, 2.05) is 19.9 Å². The van der Waals surface area contributed by atoms with Gasteiger partial charge in [-0.2, -0.15) is 0 Å². The lowest BCUT2D eigenvalue weighted by atomic mass is 10.0. The molecule has 0 fully saturated rings. The van der Waals surface area contributed by atoms with Crippen LogP contribution in [0.1, 0.15) is 27.3 Å². The van der Waals surface area contributed by atoms with Crippen LogP contribution in [0.4, 0.5) is 4.39 Å². The van der Waals surface area contributed by atoms with Gasteiger partial charge in [0.15, 0.2) is 5.78 Å². The number of aryl methyl sites for hydroxylation is 2. The number of halogens is 1. The van der Waals surface area contributed by atoms with Gasteiger partial charge in [-0.15, -0.1) is 0 Å². The molecule has 0 saturated carbocycles. The molecule has 0 atom stereocenters. The quantitative estimate of drug-likeness (QED) is 0.774. The summed E-state index contributed by atoms with van der Waals surface area (Å²) in [5, 5.41) is 0. The van der Waals surface area contributed by atoms with Gasteiger partial charge in [0.25, 0.3) is 0 Å². The molecule has 0 N–H and O–H groups in total. The maximum absolute atomic E-state index is 13.0. The van der Waals surface area contributed by atoms with E-state index in [0.717, 1.165) is 11.4 Å². The lowest BCUT2D eigenvalue weighted by molar-refractivity contribution is 0.0992. The predicted octanol–water partition coefficient (Wildman–Crippen LogP) is 3.26. The smallest absolute Gasteiger partial charge is 0.169 e. The minimum atomic E-state index is -0.320. The average Bonchev–Trinajstić information content (AvgIpc) is 2.28. The van der Waals surface area contributed by atoms with Crippen molar-refractivity contribution in [1.82, 2.24) is 4.98 Å². The van der Waals surface area contributed by atoms with Crippen LogP contribution in [0.5, 0.6) is 0 Å². The molecule has 0 aliphatic rings. The summed E-state index contributed by atoms with van der Waals surface area (Å²) < 4.78 is 13.0. The third-order valence-electron chi connectivity index (χ3n) is 2.78. The highest BCUT2D eigenvalue weighted by Crippen LogP contribution is 2.12. The van der Waals surface area contributed by atoms with Crippen molar-refractivity contribution in [2.75, 3.05) is 0 Å². The minimum absolute atomic E-state index is 0.0365. The summed E-state index contributed by atoms with van der Waals surface area (Å²) in [6.07, 6.45) is 0.198. The number of carbonyl (C=O) groups is 1. The fraction of sp³-hybridized carbons (Fsp3) is 0.200. The third kappa shape index (κ3) is 2.80. The first-order valence-electron chi connectivity index (χ1n) is 5.78. The summed E-state index contributed by atoms with van der Waals surface area (Å²) in [6, 6.07) is 9.70. The number of aromatic nitrogens is 1. The van der Waals surface area contributed by atoms with Crippen LogP contribution in [-0.4, -0.2) is 10.8 Å². The number of pyridine rings is 1. The highest BCUT2D eigenvalue weighted by molar-refractivity contribution is 5.98. The average molecular weight is 243 g/mol. The highest BCUT2D eigenvalue weighted by atomic mass is 19.1. The van der Waals surface area contributed by atoms with E-state index in [2.05, 4.69) is 4.98 Å². The molecule has 1 heterocycles. The van der Waals surface area contributed by atoms with Crippen molar-refractivity contribution in [3.8, 4) is 0 Å². The van der Waals surface area contributed by atoms with E-state index in [1.54, 1.807) is 18.2 Å². The molecule has 0 saturated heterocycles. The molecule has 0 bridgehead atoms. The van der Waals surface area contributed by atoms with Gasteiger partial charge in [0.1, 0.15) is 5.82 Å². The van der Waals surface area contributed by atoms with Crippen LogP contribution in [0.2, 0.25) is 0 Å². The van der Waals surface area contributed by atoms with E-state index in [9.17, 15) is 9.18 Å². The summed E-state index contributed by atoms with van der Waals surface area (Å²) >= 11 is 0. The molecular weight excluding hydrogens is 229 g/mol. The second-order valence-corrected chi connectivity index (χ2v) is 4.32. The molecule has 2 rings (SSSR count). The van der Waals surface area contributed by atoms with Gasteiger partial charge < -0.3 is 0 Å². The molecule has 0 amide bonds. The zero-order valence-corrected chi connectivity index (χ0v) is 10.4. The van der Waals surface area contributed by atoms with Crippen molar-refractivity contribution in [3.05, 3.63) is 64.7 Å². The molecule has 0 spiro atoms. The molecule has 18 heavy (non-hydrogen) atoms. The lowest BCUT2D eigenvalue weighted by Gasteiger charge is -2.05. The predicted molar refractivity (Wildman–Crippen MR) is 68.1 cm³/mol. The molecule has 92 valence electrons. The Labute approximate surface area is 105 Å². The van der Waals surface area contributed by atoms with Crippen LogP contribution < -0.4 is 0 Å². The fourth-order valence-electron chi connectivity index (χ4n) is 1.91. The van der Waals surface area contributed by atoms with Crippen LogP contribution in [0, 0.1) is 19.7 Å². The zero-order chi connectivity index (χ0) is 13.1. The van der Waals surface area contributed by atoms with Crippen LogP contribution >= 0.6 is 0 Å². The van der Waals surface area contributed by atoms with Gasteiger partial charge in [-0.05, 0) is 43.7 Å². The van der Waals surface area contributed by atoms with Crippen LogP contribution in [-0.2, 0) is 6.42 Å². The maximum atomic E-state index is 13.0. The van der Waals surface area contributed by atoms with Gasteiger partial charge in [0.05, 0.1) is 0 Å². The van der Waals surface area contributed by atoms with Gasteiger partial charge >= 0.3 is 0 Å². The molecule has 3 heteroatoms. The topological polar surface area (TPSA) is 30.0 Å². The first kappa shape index (κ1) is 12.4. The Hall–Kier alpha value is -2.03. The van der Waals surface area contributed by atoms with Crippen molar-refractivity contribution in [3.63, 3.8) is 0 Å². The molecule has 0 aliphatic heterocycles. The number of rotatable bonds is 3. The van der Waals surface area contributed by atoms with E-state index in [-0.39, 0.29) is 18.0 Å². The van der Waals surface area contributed by atoms with Crippen molar-refractivity contribution in [2.24, 2.45) is 0 Å². The van der Waals surface area contributed by atoms with Crippen LogP contribution in [0.25, 0.3) is 0 Å². The second-order valence-electron chi connectivity index (χ2n) is 4.32. The van der Waals surface area contributed by atoms with E-state index in [4.69, 9.17) is 0 Å². The van der Waals surface area contributed by atoms with Gasteiger partial charge in [0.2, 0.25) is 0 Å². The first-order valence-corrected chi connectivity index (χ1v) is 5.78. The molecule has 2 aromatic rings. The molecule has 1 aromatic heterocycles. The molecule has 1 aromatic carbocycles. The molecule has 0 radical (unpaired) electrons. The summed E-state index contributed by atoms with van der Waals surface area (Å²) in [7, 11) is 0. The Morgan fingerprint density at radius 2 is 2.00 bits per heavy atom. The number of nitrogens with zero attached hydrogens (tertiary/aromatic N) is 1. The van der Waals surface area contributed by atoms with Crippen molar-refractivity contribution >= 4 is 5.78 Å². The third-order valence-corrected chi connectivity index (χ3v) is 2.78. The van der Waals surface area contributed by atoms with Gasteiger partial charge in [-0.25, -0.2) is 4.39 Å². The summed E-state index contributed by atoms with van der Waals surface area (Å²) in [5.74, 6) is -0.357. The highest BCUT2D eigenvalue weighted by Gasteiger charge is 2.11. The number of benzene rings is 1. The minimum Gasteiger partial charge on any atom is -0.294 e. The van der Waals surface area contributed by atoms with Crippen LogP contribution in [0.3, 0.4) is 0 Å². The lowest BCUT2D eigenvalue weighted by Crippen LogP contribution is -2.07. The number of ketones is 1. The van der Waals surface area contributed by atoms with Crippen molar-refractivity contribution in [1.29, 1.82) is 0 Å². The fourth-order valence-corrected chi connectivity index (χ4v) is 1.91. The zero-order valence-electron chi connectivity index (χ0n) is 10.4. The van der Waals surface area contributed by atoms with Gasteiger partial charge in [-0.3, -0.25) is 9.78 Å². The molecule has 2 nitrogen and oxygen atoms in total. The number of carbonyl (C=O) groups excluding carboxylic acids is 1. The van der Waals surface area contributed by atoms with Gasteiger partial charge in [0, 0.05) is 23.4 Å². The Bertz CT molecular complexity index is 593. The summed E-state index contributed by atoms with van der Waals surface area (Å²) in [6.45, 7) is 3.69. The van der Waals surface area contributed by atoms with Crippen LogP contribution in [0.15, 0.2) is 36.4 Å². The van der Waals surface area contributed by atoms with E-state index < -0.39 is 0 Å². The SMILES string of the molecule is Cc1ccc(C(=O)Cc2cccc(F)c2)c(C)n1. The number of hydrogen-bond acceptors (Lipinski definition) is 2. The Kier molecular flexibility index (Phi) is 3.51. The monoisotopic (exact) mass is 243 g/mol. The Morgan fingerprint density at radius 1 is 1.22 bits per heavy atom. The first-order chi connectivity index (χ1) is 8.56. The maximum Gasteiger partial charge on any atom is 0.169 e. The van der Waals surface area contributed by atoms with E-state index in [0.29, 0.717) is 11.1 Å². The van der Waals surface area contributed by atoms with Crippen molar-refractivity contribution in [2.45, 2.75) is 20.3 Å². The number of hydrogen-bond donors (Lipinski definition) is 0. The molecular formula is C15H14FNO.